The molecule has 1 heterocycles. The van der Waals surface area contributed by atoms with Gasteiger partial charge in [-0.25, -0.2) is 0 Å². The van der Waals surface area contributed by atoms with Crippen molar-refractivity contribution in [3.05, 3.63) is 58.9 Å². The van der Waals surface area contributed by atoms with Crippen molar-refractivity contribution in [2.24, 2.45) is 0 Å². The SMILES string of the molecule is COc1ccc(/C=C(\C#N)c2ccc(C(F)(F)F)cn2)cc1C. The van der Waals surface area contributed by atoms with Crippen molar-refractivity contribution < 1.29 is 17.9 Å². The highest BCUT2D eigenvalue weighted by Crippen LogP contribution is 2.29. The number of ether oxygens (including phenoxy) is 1. The molecule has 0 fully saturated rings. The lowest BCUT2D eigenvalue weighted by molar-refractivity contribution is -0.137. The molecule has 0 aliphatic heterocycles. The van der Waals surface area contributed by atoms with Gasteiger partial charge in [0.05, 0.1) is 23.9 Å². The first-order chi connectivity index (χ1) is 10.8. The molecule has 118 valence electrons. The predicted octanol–water partition coefficient (Wildman–Crippen LogP) is 4.48. The van der Waals surface area contributed by atoms with E-state index in [1.165, 1.54) is 6.07 Å². The summed E-state index contributed by atoms with van der Waals surface area (Å²) in [7, 11) is 1.56. The van der Waals surface area contributed by atoms with Crippen molar-refractivity contribution in [1.82, 2.24) is 4.98 Å². The van der Waals surface area contributed by atoms with Crippen molar-refractivity contribution in [2.75, 3.05) is 7.11 Å². The summed E-state index contributed by atoms with van der Waals surface area (Å²) in [4.78, 5) is 3.73. The molecule has 3 nitrogen and oxygen atoms in total. The zero-order chi connectivity index (χ0) is 17.0. The van der Waals surface area contributed by atoms with Crippen LogP contribution in [-0.4, -0.2) is 12.1 Å². The van der Waals surface area contributed by atoms with Crippen LogP contribution >= 0.6 is 0 Å². The number of methoxy groups -OCH3 is 1. The van der Waals surface area contributed by atoms with Crippen LogP contribution in [0.2, 0.25) is 0 Å². The molecule has 2 aromatic rings. The molecule has 0 atom stereocenters. The highest BCUT2D eigenvalue weighted by atomic mass is 19.4. The molecule has 0 spiro atoms. The number of aromatic nitrogens is 1. The second kappa shape index (κ2) is 6.53. The molecule has 0 amide bonds. The third-order valence-electron chi connectivity index (χ3n) is 3.22. The van der Waals surface area contributed by atoms with E-state index in [4.69, 9.17) is 4.74 Å². The molecule has 0 saturated heterocycles. The molecular formula is C17H13F3N2O. The Labute approximate surface area is 131 Å². The van der Waals surface area contributed by atoms with Gasteiger partial charge in [0.15, 0.2) is 0 Å². The Hall–Kier alpha value is -2.81. The third kappa shape index (κ3) is 3.89. The fourth-order valence-electron chi connectivity index (χ4n) is 2.04. The number of halogens is 3. The second-order valence-electron chi connectivity index (χ2n) is 4.83. The normalized spacial score (nSPS) is 11.9. The molecular weight excluding hydrogens is 305 g/mol. The predicted molar refractivity (Wildman–Crippen MR) is 80.5 cm³/mol. The first-order valence-corrected chi connectivity index (χ1v) is 6.65. The summed E-state index contributed by atoms with van der Waals surface area (Å²) in [5.41, 5.74) is 1.15. The zero-order valence-corrected chi connectivity index (χ0v) is 12.5. The van der Waals surface area contributed by atoms with E-state index in [0.29, 0.717) is 5.75 Å². The molecule has 1 aromatic carbocycles. The lowest BCUT2D eigenvalue weighted by Crippen LogP contribution is -2.05. The highest BCUT2D eigenvalue weighted by molar-refractivity contribution is 5.88. The van der Waals surface area contributed by atoms with Crippen LogP contribution in [0.3, 0.4) is 0 Å². The smallest absolute Gasteiger partial charge is 0.417 e. The van der Waals surface area contributed by atoms with Crippen LogP contribution < -0.4 is 4.74 Å². The number of nitriles is 1. The fourth-order valence-corrected chi connectivity index (χ4v) is 2.04. The third-order valence-corrected chi connectivity index (χ3v) is 3.22. The van der Waals surface area contributed by atoms with E-state index in [1.54, 1.807) is 25.3 Å². The average Bonchev–Trinajstić information content (AvgIpc) is 2.52. The number of rotatable bonds is 3. The van der Waals surface area contributed by atoms with E-state index < -0.39 is 11.7 Å². The summed E-state index contributed by atoms with van der Waals surface area (Å²) in [6.45, 7) is 1.86. The Morgan fingerprint density at radius 3 is 2.48 bits per heavy atom. The van der Waals surface area contributed by atoms with Gasteiger partial charge in [-0.05, 0) is 48.4 Å². The fraction of sp³-hybridized carbons (Fsp3) is 0.176. The Morgan fingerprint density at radius 1 is 1.26 bits per heavy atom. The number of pyridine rings is 1. The summed E-state index contributed by atoms with van der Waals surface area (Å²) >= 11 is 0. The summed E-state index contributed by atoms with van der Waals surface area (Å²) in [5, 5.41) is 9.23. The Kier molecular flexibility index (Phi) is 4.70. The minimum absolute atomic E-state index is 0.184. The van der Waals surface area contributed by atoms with E-state index in [2.05, 4.69) is 4.98 Å². The van der Waals surface area contributed by atoms with Gasteiger partial charge in [-0.3, -0.25) is 4.98 Å². The van der Waals surface area contributed by atoms with Crippen LogP contribution in [0.5, 0.6) is 5.75 Å². The van der Waals surface area contributed by atoms with E-state index in [-0.39, 0.29) is 11.3 Å². The molecule has 0 saturated carbocycles. The summed E-state index contributed by atoms with van der Waals surface area (Å²) in [6.07, 6.45) is -2.16. The van der Waals surface area contributed by atoms with Crippen LogP contribution in [0.15, 0.2) is 36.5 Å². The van der Waals surface area contributed by atoms with Gasteiger partial charge >= 0.3 is 6.18 Å². The molecule has 0 unspecified atom stereocenters. The van der Waals surface area contributed by atoms with Crippen LogP contribution in [0.1, 0.15) is 22.4 Å². The van der Waals surface area contributed by atoms with Gasteiger partial charge < -0.3 is 4.74 Å². The van der Waals surface area contributed by atoms with Crippen molar-refractivity contribution >= 4 is 11.6 Å². The molecule has 0 aliphatic carbocycles. The van der Waals surface area contributed by atoms with Crippen LogP contribution in [0.25, 0.3) is 11.6 Å². The number of aryl methyl sites for hydroxylation is 1. The summed E-state index contributed by atoms with van der Waals surface area (Å²) < 4.78 is 42.8. The maximum atomic E-state index is 12.5. The van der Waals surface area contributed by atoms with Crippen molar-refractivity contribution in [1.29, 1.82) is 5.26 Å². The van der Waals surface area contributed by atoms with E-state index in [9.17, 15) is 18.4 Å². The minimum Gasteiger partial charge on any atom is -0.496 e. The number of benzene rings is 1. The second-order valence-corrected chi connectivity index (χ2v) is 4.83. The van der Waals surface area contributed by atoms with Gasteiger partial charge in [0.2, 0.25) is 0 Å². The molecule has 0 aliphatic rings. The average molecular weight is 318 g/mol. The minimum atomic E-state index is -4.45. The monoisotopic (exact) mass is 318 g/mol. The van der Waals surface area contributed by atoms with E-state index in [1.807, 2.05) is 19.1 Å². The number of hydrogen-bond donors (Lipinski definition) is 0. The highest BCUT2D eigenvalue weighted by Gasteiger charge is 2.30. The quantitative estimate of drug-likeness (QED) is 0.784. The maximum absolute atomic E-state index is 12.5. The van der Waals surface area contributed by atoms with Gasteiger partial charge in [0.25, 0.3) is 0 Å². The van der Waals surface area contributed by atoms with Crippen molar-refractivity contribution in [3.8, 4) is 11.8 Å². The Balaban J connectivity index is 2.36. The molecule has 2 rings (SSSR count). The van der Waals surface area contributed by atoms with Gasteiger partial charge in [0, 0.05) is 6.20 Å². The topological polar surface area (TPSA) is 45.9 Å². The molecule has 0 N–H and O–H groups in total. The van der Waals surface area contributed by atoms with Crippen LogP contribution in [0, 0.1) is 18.3 Å². The summed E-state index contributed by atoms with van der Waals surface area (Å²) in [6, 6.07) is 9.39. The summed E-state index contributed by atoms with van der Waals surface area (Å²) in [5.74, 6) is 0.716. The largest absolute Gasteiger partial charge is 0.496 e. The molecule has 1 aromatic heterocycles. The zero-order valence-electron chi connectivity index (χ0n) is 12.5. The Bertz CT molecular complexity index is 772. The molecule has 6 heteroatoms. The first kappa shape index (κ1) is 16.6. The van der Waals surface area contributed by atoms with Gasteiger partial charge in [-0.1, -0.05) is 6.07 Å². The van der Waals surface area contributed by atoms with Gasteiger partial charge in [0.1, 0.15) is 11.8 Å². The standard InChI is InChI=1S/C17H13F3N2O/c1-11-7-12(3-6-16(11)23-2)8-13(9-21)15-5-4-14(10-22-15)17(18,19)20/h3-8,10H,1-2H3/b13-8+. The first-order valence-electron chi connectivity index (χ1n) is 6.65. The van der Waals surface area contributed by atoms with E-state index >= 15 is 0 Å². The molecule has 0 radical (unpaired) electrons. The van der Waals surface area contributed by atoms with Gasteiger partial charge in [-0.15, -0.1) is 0 Å². The van der Waals surface area contributed by atoms with Crippen molar-refractivity contribution in [2.45, 2.75) is 13.1 Å². The number of hydrogen-bond acceptors (Lipinski definition) is 3. The van der Waals surface area contributed by atoms with Gasteiger partial charge in [-0.2, -0.15) is 18.4 Å². The lowest BCUT2D eigenvalue weighted by atomic mass is 10.1. The van der Waals surface area contributed by atoms with E-state index in [0.717, 1.165) is 23.4 Å². The van der Waals surface area contributed by atoms with Crippen LogP contribution in [-0.2, 0) is 6.18 Å². The number of alkyl halides is 3. The van der Waals surface area contributed by atoms with Crippen LogP contribution in [0.4, 0.5) is 13.2 Å². The lowest BCUT2D eigenvalue weighted by Gasteiger charge is -2.07. The number of allylic oxidation sites excluding steroid dienone is 1. The maximum Gasteiger partial charge on any atom is 0.417 e. The Morgan fingerprint density at radius 2 is 2.00 bits per heavy atom. The molecule has 0 bridgehead atoms. The molecule has 23 heavy (non-hydrogen) atoms. The number of nitrogens with zero attached hydrogens (tertiary/aromatic N) is 2. The van der Waals surface area contributed by atoms with Crippen molar-refractivity contribution in [3.63, 3.8) is 0 Å².